The van der Waals surface area contributed by atoms with E-state index in [1.54, 1.807) is 7.11 Å². The number of fused-ring (bicyclic) bond motifs is 3. The lowest BCUT2D eigenvalue weighted by Gasteiger charge is -2.47. The average molecular weight is 422 g/mol. The molecule has 0 unspecified atom stereocenters. The number of aliphatic hydroxyl groups excluding tert-OH is 1. The largest absolute Gasteiger partial charge is 0.493 e. The fourth-order valence-electron chi connectivity index (χ4n) is 5.08. The van der Waals surface area contributed by atoms with Gasteiger partial charge in [-0.2, -0.15) is 0 Å². The highest BCUT2D eigenvalue weighted by molar-refractivity contribution is 5.51. The van der Waals surface area contributed by atoms with Gasteiger partial charge in [0.15, 0.2) is 17.3 Å². The zero-order valence-corrected chi connectivity index (χ0v) is 19.0. The maximum Gasteiger partial charge on any atom is 0.197 e. The SMILES string of the molecule is COc1cc2c(c(F)c1OCC1(C)CCC1)CCN1C[C@@H](OC(C)(C)C)[C@H](O)C[C@H]21. The molecule has 1 N–H and O–H groups in total. The van der Waals surface area contributed by atoms with Gasteiger partial charge in [0.1, 0.15) is 0 Å². The molecule has 1 saturated carbocycles. The van der Waals surface area contributed by atoms with Gasteiger partial charge in [0.25, 0.3) is 0 Å². The van der Waals surface area contributed by atoms with Crippen LogP contribution in [-0.2, 0) is 11.2 Å². The summed E-state index contributed by atoms with van der Waals surface area (Å²) < 4.78 is 33.1. The second-order valence-electron chi connectivity index (χ2n) is 10.6. The minimum atomic E-state index is -0.583. The Labute approximate surface area is 179 Å². The van der Waals surface area contributed by atoms with Gasteiger partial charge in [-0.1, -0.05) is 13.3 Å². The number of piperidine rings is 1. The molecule has 1 aromatic rings. The molecule has 0 bridgehead atoms. The lowest BCUT2D eigenvalue weighted by Crippen LogP contribution is -2.53. The summed E-state index contributed by atoms with van der Waals surface area (Å²) in [4.78, 5) is 2.31. The zero-order chi connectivity index (χ0) is 21.7. The van der Waals surface area contributed by atoms with Crippen molar-refractivity contribution >= 4 is 0 Å². The molecule has 0 radical (unpaired) electrons. The van der Waals surface area contributed by atoms with Crippen LogP contribution in [0.15, 0.2) is 6.07 Å². The van der Waals surface area contributed by atoms with Crippen LogP contribution in [0.4, 0.5) is 4.39 Å². The molecule has 0 aromatic heterocycles. The number of methoxy groups -OCH3 is 1. The zero-order valence-electron chi connectivity index (χ0n) is 19.0. The van der Waals surface area contributed by atoms with Crippen molar-refractivity contribution in [3.63, 3.8) is 0 Å². The summed E-state index contributed by atoms with van der Waals surface area (Å²) in [7, 11) is 1.56. The summed E-state index contributed by atoms with van der Waals surface area (Å²) in [5.41, 5.74) is 1.43. The number of aliphatic hydroxyl groups is 1. The molecule has 1 aromatic carbocycles. The Balaban J connectivity index is 1.58. The van der Waals surface area contributed by atoms with Gasteiger partial charge in [0, 0.05) is 24.5 Å². The molecule has 2 heterocycles. The van der Waals surface area contributed by atoms with E-state index in [1.165, 1.54) is 6.42 Å². The normalized spacial score (nSPS) is 28.3. The average Bonchev–Trinajstić information content (AvgIpc) is 2.65. The van der Waals surface area contributed by atoms with Crippen LogP contribution in [0, 0.1) is 11.2 Å². The first-order valence-electron chi connectivity index (χ1n) is 11.2. The second kappa shape index (κ2) is 7.95. The lowest BCUT2D eigenvalue weighted by molar-refractivity contribution is -0.149. The van der Waals surface area contributed by atoms with E-state index in [2.05, 4.69) is 11.8 Å². The van der Waals surface area contributed by atoms with Gasteiger partial charge in [-0.15, -0.1) is 0 Å². The van der Waals surface area contributed by atoms with Crippen LogP contribution in [0.5, 0.6) is 11.5 Å². The van der Waals surface area contributed by atoms with Crippen LogP contribution >= 0.6 is 0 Å². The number of nitrogens with zero attached hydrogens (tertiary/aromatic N) is 1. The van der Waals surface area contributed by atoms with Crippen molar-refractivity contribution in [3.8, 4) is 11.5 Å². The smallest absolute Gasteiger partial charge is 0.197 e. The number of ether oxygens (including phenoxy) is 3. The fraction of sp³-hybridized carbons (Fsp3) is 0.750. The van der Waals surface area contributed by atoms with E-state index in [1.807, 2.05) is 26.8 Å². The summed E-state index contributed by atoms with van der Waals surface area (Å²) in [5.74, 6) is 0.385. The second-order valence-corrected chi connectivity index (χ2v) is 10.6. The molecule has 1 saturated heterocycles. The van der Waals surface area contributed by atoms with E-state index in [-0.39, 0.29) is 34.7 Å². The summed E-state index contributed by atoms with van der Waals surface area (Å²) in [6, 6.07) is 1.89. The molecule has 2 fully saturated rings. The molecule has 4 rings (SSSR count). The Kier molecular flexibility index (Phi) is 5.79. The molecule has 168 valence electrons. The van der Waals surface area contributed by atoms with E-state index < -0.39 is 6.10 Å². The third kappa shape index (κ3) is 4.19. The summed E-state index contributed by atoms with van der Waals surface area (Å²) in [6.45, 7) is 10.1. The number of halogens is 1. The number of rotatable bonds is 5. The van der Waals surface area contributed by atoms with E-state index in [9.17, 15) is 5.11 Å². The van der Waals surface area contributed by atoms with Gasteiger partial charge in [-0.25, -0.2) is 4.39 Å². The molecule has 30 heavy (non-hydrogen) atoms. The first-order chi connectivity index (χ1) is 14.1. The Bertz CT molecular complexity index is 786. The standard InChI is InChI=1S/C24H36FNO4/c1-23(2,3)30-20-13-26-10-7-15-16(17(26)12-18(20)27)11-19(28-5)22(21(15)25)29-14-24(4)8-6-9-24/h11,17-18,20,27H,6-10,12-14H2,1-5H3/t17-,18-,20-/m1/s1. The lowest BCUT2D eigenvalue weighted by atomic mass is 9.71. The molecule has 0 amide bonds. The number of hydrogen-bond donors (Lipinski definition) is 1. The quantitative estimate of drug-likeness (QED) is 0.770. The van der Waals surface area contributed by atoms with Crippen LogP contribution in [-0.4, -0.2) is 54.6 Å². The van der Waals surface area contributed by atoms with Gasteiger partial charge in [-0.05, 0) is 63.6 Å². The predicted octanol–water partition coefficient (Wildman–Crippen LogP) is 4.25. The van der Waals surface area contributed by atoms with E-state index >= 15 is 4.39 Å². The third-order valence-corrected chi connectivity index (χ3v) is 6.93. The number of hydrogen-bond acceptors (Lipinski definition) is 5. The monoisotopic (exact) mass is 421 g/mol. The topological polar surface area (TPSA) is 51.2 Å². The molecule has 6 heteroatoms. The van der Waals surface area contributed by atoms with Gasteiger partial charge in [0.2, 0.25) is 0 Å². The maximum absolute atomic E-state index is 15.5. The van der Waals surface area contributed by atoms with Gasteiger partial charge >= 0.3 is 0 Å². The summed E-state index contributed by atoms with van der Waals surface area (Å²) >= 11 is 0. The Hall–Kier alpha value is -1.37. The summed E-state index contributed by atoms with van der Waals surface area (Å²) in [5, 5.41) is 10.8. The van der Waals surface area contributed by atoms with E-state index in [4.69, 9.17) is 14.2 Å². The summed E-state index contributed by atoms with van der Waals surface area (Å²) in [6.07, 6.45) is 3.77. The van der Waals surface area contributed by atoms with Crippen molar-refractivity contribution in [3.05, 3.63) is 23.0 Å². The predicted molar refractivity (Wildman–Crippen MR) is 114 cm³/mol. The van der Waals surface area contributed by atoms with Crippen LogP contribution in [0.2, 0.25) is 0 Å². The van der Waals surface area contributed by atoms with Crippen LogP contribution in [0.1, 0.15) is 70.5 Å². The van der Waals surface area contributed by atoms with Crippen molar-refractivity contribution in [2.75, 3.05) is 26.8 Å². The molecular formula is C24H36FNO4. The Morgan fingerprint density at radius 1 is 1.30 bits per heavy atom. The molecule has 3 aliphatic rings. The molecule has 2 aliphatic heterocycles. The van der Waals surface area contributed by atoms with Crippen molar-refractivity contribution < 1.29 is 23.7 Å². The first-order valence-corrected chi connectivity index (χ1v) is 11.2. The third-order valence-electron chi connectivity index (χ3n) is 6.93. The minimum absolute atomic E-state index is 0.0369. The first kappa shape index (κ1) is 21.8. The van der Waals surface area contributed by atoms with E-state index in [0.717, 1.165) is 24.9 Å². The fourth-order valence-corrected chi connectivity index (χ4v) is 5.08. The molecule has 0 spiro atoms. The van der Waals surface area contributed by atoms with Crippen LogP contribution < -0.4 is 9.47 Å². The molecule has 5 nitrogen and oxygen atoms in total. The van der Waals surface area contributed by atoms with Crippen molar-refractivity contribution in [1.29, 1.82) is 0 Å². The van der Waals surface area contributed by atoms with Gasteiger partial charge in [0.05, 0.1) is 31.5 Å². The van der Waals surface area contributed by atoms with Gasteiger partial charge < -0.3 is 19.3 Å². The van der Waals surface area contributed by atoms with Gasteiger partial charge in [-0.3, -0.25) is 4.90 Å². The van der Waals surface area contributed by atoms with Crippen molar-refractivity contribution in [1.82, 2.24) is 4.90 Å². The minimum Gasteiger partial charge on any atom is -0.493 e. The van der Waals surface area contributed by atoms with E-state index in [0.29, 0.717) is 37.3 Å². The molecule has 1 aliphatic carbocycles. The van der Waals surface area contributed by atoms with Crippen molar-refractivity contribution in [2.45, 2.75) is 83.6 Å². The van der Waals surface area contributed by atoms with Crippen molar-refractivity contribution in [2.24, 2.45) is 5.41 Å². The highest BCUT2D eigenvalue weighted by Crippen LogP contribution is 2.46. The molecular weight excluding hydrogens is 385 g/mol. The number of benzene rings is 1. The van der Waals surface area contributed by atoms with Crippen LogP contribution in [0.3, 0.4) is 0 Å². The highest BCUT2D eigenvalue weighted by Gasteiger charge is 2.42. The maximum atomic E-state index is 15.5. The highest BCUT2D eigenvalue weighted by atomic mass is 19.1. The molecule has 3 atom stereocenters. The Morgan fingerprint density at radius 2 is 2.03 bits per heavy atom. The van der Waals surface area contributed by atoms with Crippen LogP contribution in [0.25, 0.3) is 0 Å². The Morgan fingerprint density at radius 3 is 2.63 bits per heavy atom.